The molecule has 1 amide bonds. The zero-order chi connectivity index (χ0) is 17.6. The molecule has 3 aromatic rings. The van der Waals surface area contributed by atoms with Crippen LogP contribution < -0.4 is 10.2 Å². The lowest BCUT2D eigenvalue weighted by atomic mass is 10.1. The summed E-state index contributed by atoms with van der Waals surface area (Å²) >= 11 is 3.43. The molecule has 5 heteroatoms. The lowest BCUT2D eigenvalue weighted by Gasteiger charge is -2.14. The van der Waals surface area contributed by atoms with Gasteiger partial charge in [0.05, 0.1) is 6.21 Å². The fourth-order valence-electron chi connectivity index (χ4n) is 2.38. The van der Waals surface area contributed by atoms with Crippen LogP contribution in [0.1, 0.15) is 12.5 Å². The van der Waals surface area contributed by atoms with Gasteiger partial charge in [-0.1, -0.05) is 70.5 Å². The lowest BCUT2D eigenvalue weighted by Crippen LogP contribution is -2.33. The van der Waals surface area contributed by atoms with Crippen LogP contribution in [0, 0.1) is 0 Å². The fraction of sp³-hybridized carbons (Fsp3) is 0.100. The van der Waals surface area contributed by atoms with E-state index in [1.165, 1.54) is 0 Å². The predicted molar refractivity (Wildman–Crippen MR) is 104 cm³/mol. The van der Waals surface area contributed by atoms with Crippen molar-refractivity contribution in [2.45, 2.75) is 13.0 Å². The monoisotopic (exact) mass is 396 g/mol. The second-order valence-corrected chi connectivity index (χ2v) is 6.35. The van der Waals surface area contributed by atoms with Gasteiger partial charge in [0.2, 0.25) is 0 Å². The number of amides is 1. The Bertz CT molecular complexity index is 919. The number of hydrazone groups is 1. The van der Waals surface area contributed by atoms with Crippen LogP contribution in [-0.2, 0) is 4.79 Å². The van der Waals surface area contributed by atoms with Crippen molar-refractivity contribution in [3.05, 3.63) is 76.8 Å². The highest BCUT2D eigenvalue weighted by molar-refractivity contribution is 9.10. The quantitative estimate of drug-likeness (QED) is 0.509. The molecule has 0 aliphatic heterocycles. The average Bonchev–Trinajstić information content (AvgIpc) is 2.63. The van der Waals surface area contributed by atoms with Gasteiger partial charge in [-0.05, 0) is 24.4 Å². The molecule has 1 N–H and O–H groups in total. The maximum atomic E-state index is 12.2. The molecular weight excluding hydrogens is 380 g/mol. The first kappa shape index (κ1) is 17.2. The first-order valence-corrected chi connectivity index (χ1v) is 8.66. The second kappa shape index (κ2) is 7.94. The van der Waals surface area contributed by atoms with Crippen LogP contribution in [0.4, 0.5) is 0 Å². The minimum atomic E-state index is -0.665. The normalized spacial score (nSPS) is 12.2. The van der Waals surface area contributed by atoms with Crippen LogP contribution in [0.3, 0.4) is 0 Å². The van der Waals surface area contributed by atoms with Crippen LogP contribution in [0.2, 0.25) is 0 Å². The summed E-state index contributed by atoms with van der Waals surface area (Å²) in [6, 6.07) is 21.3. The summed E-state index contributed by atoms with van der Waals surface area (Å²) in [5.41, 5.74) is 3.39. The van der Waals surface area contributed by atoms with E-state index < -0.39 is 6.10 Å². The van der Waals surface area contributed by atoms with Gasteiger partial charge in [0.15, 0.2) is 6.10 Å². The number of hydrogen-bond acceptors (Lipinski definition) is 3. The van der Waals surface area contributed by atoms with E-state index in [1.807, 2.05) is 66.7 Å². The first-order valence-electron chi connectivity index (χ1n) is 7.87. The number of benzene rings is 3. The Morgan fingerprint density at radius 3 is 2.64 bits per heavy atom. The number of ether oxygens (including phenoxy) is 1. The Labute approximate surface area is 154 Å². The van der Waals surface area contributed by atoms with Crippen molar-refractivity contribution in [3.8, 4) is 5.75 Å². The number of hydrogen-bond donors (Lipinski definition) is 1. The van der Waals surface area contributed by atoms with Crippen molar-refractivity contribution in [1.29, 1.82) is 0 Å². The maximum Gasteiger partial charge on any atom is 0.280 e. The summed E-state index contributed by atoms with van der Waals surface area (Å²) in [5.74, 6) is 0.367. The molecule has 1 atom stereocenters. The van der Waals surface area contributed by atoms with Crippen molar-refractivity contribution < 1.29 is 9.53 Å². The van der Waals surface area contributed by atoms with Crippen molar-refractivity contribution in [1.82, 2.24) is 5.43 Å². The molecular formula is C20H17BrN2O2. The van der Waals surface area contributed by atoms with Gasteiger partial charge in [-0.25, -0.2) is 5.43 Å². The van der Waals surface area contributed by atoms with Gasteiger partial charge in [0.25, 0.3) is 5.91 Å². The van der Waals surface area contributed by atoms with Gasteiger partial charge in [0, 0.05) is 15.4 Å². The molecule has 4 nitrogen and oxygen atoms in total. The Kier molecular flexibility index (Phi) is 5.46. The molecule has 3 aromatic carbocycles. The third-order valence-electron chi connectivity index (χ3n) is 3.71. The van der Waals surface area contributed by atoms with Crippen LogP contribution in [0.5, 0.6) is 5.75 Å². The van der Waals surface area contributed by atoms with Gasteiger partial charge >= 0.3 is 0 Å². The van der Waals surface area contributed by atoms with Gasteiger partial charge in [-0.3, -0.25) is 4.79 Å². The van der Waals surface area contributed by atoms with Crippen LogP contribution in [0.25, 0.3) is 10.8 Å². The number of halogens is 1. The van der Waals surface area contributed by atoms with E-state index in [-0.39, 0.29) is 5.91 Å². The first-order chi connectivity index (χ1) is 12.1. The van der Waals surface area contributed by atoms with E-state index >= 15 is 0 Å². The summed E-state index contributed by atoms with van der Waals surface area (Å²) in [6.07, 6.45) is 0.925. The third-order valence-corrected chi connectivity index (χ3v) is 4.43. The molecule has 0 aromatic heterocycles. The number of rotatable bonds is 5. The molecule has 3 rings (SSSR count). The topological polar surface area (TPSA) is 50.7 Å². The van der Waals surface area contributed by atoms with E-state index in [0.717, 1.165) is 20.8 Å². The largest absolute Gasteiger partial charge is 0.480 e. The molecule has 0 fully saturated rings. The summed E-state index contributed by atoms with van der Waals surface area (Å²) in [7, 11) is 0. The van der Waals surface area contributed by atoms with Crippen molar-refractivity contribution in [2.75, 3.05) is 0 Å². The highest BCUT2D eigenvalue weighted by Crippen LogP contribution is 2.26. The summed E-state index contributed by atoms with van der Waals surface area (Å²) in [5, 5.41) is 6.04. The number of nitrogens with zero attached hydrogens (tertiary/aromatic N) is 1. The molecule has 0 heterocycles. The molecule has 0 saturated heterocycles. The van der Waals surface area contributed by atoms with E-state index in [2.05, 4.69) is 26.5 Å². The minimum Gasteiger partial charge on any atom is -0.480 e. The second-order valence-electron chi connectivity index (χ2n) is 5.49. The molecule has 0 bridgehead atoms. The van der Waals surface area contributed by atoms with Crippen molar-refractivity contribution >= 4 is 38.8 Å². The zero-order valence-electron chi connectivity index (χ0n) is 13.6. The molecule has 0 spiro atoms. The Balaban J connectivity index is 1.65. The molecule has 0 aliphatic rings. The number of fused-ring (bicyclic) bond motifs is 1. The number of carbonyl (C=O) groups is 1. The zero-order valence-corrected chi connectivity index (χ0v) is 15.2. The van der Waals surface area contributed by atoms with Crippen LogP contribution in [-0.4, -0.2) is 18.2 Å². The molecule has 0 radical (unpaired) electrons. The Morgan fingerprint density at radius 1 is 1.08 bits per heavy atom. The number of carbonyl (C=O) groups excluding carboxylic acids is 1. The summed E-state index contributed by atoms with van der Waals surface area (Å²) in [6.45, 7) is 1.70. The Hall–Kier alpha value is -2.66. The molecule has 25 heavy (non-hydrogen) atoms. The van der Waals surface area contributed by atoms with Gasteiger partial charge < -0.3 is 4.74 Å². The van der Waals surface area contributed by atoms with E-state index in [9.17, 15) is 4.79 Å². The van der Waals surface area contributed by atoms with Gasteiger partial charge in [-0.15, -0.1) is 0 Å². The number of nitrogens with one attached hydrogen (secondary N) is 1. The SMILES string of the molecule is CC(Oc1cccc2ccccc12)C(=O)N/N=C/c1ccccc1Br. The van der Waals surface area contributed by atoms with E-state index in [4.69, 9.17) is 4.74 Å². The smallest absolute Gasteiger partial charge is 0.280 e. The maximum absolute atomic E-state index is 12.2. The van der Waals surface area contributed by atoms with E-state index in [1.54, 1.807) is 13.1 Å². The minimum absolute atomic E-state index is 0.309. The van der Waals surface area contributed by atoms with Crippen LogP contribution in [0.15, 0.2) is 76.3 Å². The van der Waals surface area contributed by atoms with E-state index in [0.29, 0.717) is 5.75 Å². The predicted octanol–water partition coefficient (Wildman–Crippen LogP) is 4.52. The standard InChI is InChI=1S/C20H17BrN2O2/c1-14(20(24)23-22-13-16-8-3-5-11-18(16)21)25-19-12-6-9-15-7-2-4-10-17(15)19/h2-14H,1H3,(H,23,24)/b22-13+. The Morgan fingerprint density at radius 2 is 1.80 bits per heavy atom. The van der Waals surface area contributed by atoms with Gasteiger partial charge in [-0.2, -0.15) is 5.10 Å². The van der Waals surface area contributed by atoms with Gasteiger partial charge in [0.1, 0.15) is 5.75 Å². The summed E-state index contributed by atoms with van der Waals surface area (Å²) in [4.78, 5) is 12.2. The fourth-order valence-corrected chi connectivity index (χ4v) is 2.77. The molecule has 1 unspecified atom stereocenters. The molecule has 126 valence electrons. The van der Waals surface area contributed by atoms with Crippen molar-refractivity contribution in [2.24, 2.45) is 5.10 Å². The average molecular weight is 397 g/mol. The third kappa shape index (κ3) is 4.25. The molecule has 0 saturated carbocycles. The highest BCUT2D eigenvalue weighted by Gasteiger charge is 2.15. The highest BCUT2D eigenvalue weighted by atomic mass is 79.9. The summed E-state index contributed by atoms with van der Waals surface area (Å²) < 4.78 is 6.73. The van der Waals surface area contributed by atoms with Crippen molar-refractivity contribution in [3.63, 3.8) is 0 Å². The molecule has 0 aliphatic carbocycles. The lowest BCUT2D eigenvalue weighted by molar-refractivity contribution is -0.127. The van der Waals surface area contributed by atoms with Crippen LogP contribution >= 0.6 is 15.9 Å².